The standard InChI is InChI=1S/C22H34N2O2/c1-6-7-12-23-21(26)19-15-24(20(25)13-22(3,4)5)14-18(19)17-10-8-16(2)9-11-17/h8-11,18-19H,6-7,12-15H2,1-5H3,(H,23,26). The van der Waals surface area contributed by atoms with Crippen molar-refractivity contribution in [2.24, 2.45) is 11.3 Å². The normalized spacial score (nSPS) is 20.3. The van der Waals surface area contributed by atoms with E-state index in [2.05, 4.69) is 64.2 Å². The van der Waals surface area contributed by atoms with Crippen LogP contribution < -0.4 is 5.32 Å². The molecule has 0 aliphatic carbocycles. The van der Waals surface area contributed by atoms with Gasteiger partial charge in [-0.25, -0.2) is 0 Å². The fraction of sp³-hybridized carbons (Fsp3) is 0.636. The van der Waals surface area contributed by atoms with Crippen molar-refractivity contribution < 1.29 is 9.59 Å². The smallest absolute Gasteiger partial charge is 0.225 e. The molecule has 1 aromatic carbocycles. The molecule has 4 heteroatoms. The van der Waals surface area contributed by atoms with E-state index in [-0.39, 0.29) is 29.1 Å². The summed E-state index contributed by atoms with van der Waals surface area (Å²) in [5.74, 6) is 0.133. The number of benzene rings is 1. The van der Waals surface area contributed by atoms with Gasteiger partial charge in [-0.05, 0) is 24.3 Å². The van der Waals surface area contributed by atoms with Crippen molar-refractivity contribution in [2.75, 3.05) is 19.6 Å². The SMILES string of the molecule is CCCCNC(=O)C1CN(C(=O)CC(C)(C)C)CC1c1ccc(C)cc1. The highest BCUT2D eigenvalue weighted by Crippen LogP contribution is 2.34. The summed E-state index contributed by atoms with van der Waals surface area (Å²) >= 11 is 0. The molecule has 1 heterocycles. The van der Waals surface area contributed by atoms with E-state index < -0.39 is 0 Å². The number of hydrogen-bond acceptors (Lipinski definition) is 2. The third kappa shape index (κ3) is 5.58. The van der Waals surface area contributed by atoms with Crippen molar-refractivity contribution >= 4 is 11.8 Å². The summed E-state index contributed by atoms with van der Waals surface area (Å²) in [6.45, 7) is 12.3. The van der Waals surface area contributed by atoms with E-state index in [4.69, 9.17) is 0 Å². The van der Waals surface area contributed by atoms with Gasteiger partial charge in [0.2, 0.25) is 11.8 Å². The third-order valence-corrected chi connectivity index (χ3v) is 5.03. The number of unbranched alkanes of at least 4 members (excludes halogenated alkanes) is 1. The van der Waals surface area contributed by atoms with Crippen LogP contribution in [0.3, 0.4) is 0 Å². The lowest BCUT2D eigenvalue weighted by Gasteiger charge is -2.23. The zero-order valence-electron chi connectivity index (χ0n) is 17.0. The molecule has 1 aromatic rings. The maximum Gasteiger partial charge on any atom is 0.225 e. The van der Waals surface area contributed by atoms with Gasteiger partial charge >= 0.3 is 0 Å². The lowest BCUT2D eigenvalue weighted by atomic mass is 9.88. The van der Waals surface area contributed by atoms with Crippen LogP contribution in [-0.4, -0.2) is 36.3 Å². The number of amides is 2. The van der Waals surface area contributed by atoms with E-state index >= 15 is 0 Å². The summed E-state index contributed by atoms with van der Waals surface area (Å²) in [5, 5.41) is 3.07. The molecule has 26 heavy (non-hydrogen) atoms. The highest BCUT2D eigenvalue weighted by atomic mass is 16.2. The van der Waals surface area contributed by atoms with Crippen molar-refractivity contribution in [1.82, 2.24) is 10.2 Å². The summed E-state index contributed by atoms with van der Waals surface area (Å²) in [4.78, 5) is 27.4. The molecule has 2 atom stereocenters. The zero-order chi connectivity index (χ0) is 19.3. The summed E-state index contributed by atoms with van der Waals surface area (Å²) < 4.78 is 0. The molecule has 1 fully saturated rings. The molecule has 1 aliphatic heterocycles. The average molecular weight is 359 g/mol. The highest BCUT2D eigenvalue weighted by molar-refractivity contribution is 5.83. The largest absolute Gasteiger partial charge is 0.356 e. The Kier molecular flexibility index (Phi) is 6.85. The molecule has 2 rings (SSSR count). The molecular weight excluding hydrogens is 324 g/mol. The Balaban J connectivity index is 2.16. The molecule has 0 aromatic heterocycles. The van der Waals surface area contributed by atoms with Gasteiger partial charge in [0.25, 0.3) is 0 Å². The Hall–Kier alpha value is -1.84. The predicted octanol–water partition coefficient (Wildman–Crippen LogP) is 3.89. The molecule has 1 N–H and O–H groups in total. The number of hydrogen-bond donors (Lipinski definition) is 1. The Morgan fingerprint density at radius 1 is 1.15 bits per heavy atom. The number of carbonyl (C=O) groups is 2. The molecule has 0 radical (unpaired) electrons. The second-order valence-corrected chi connectivity index (χ2v) is 8.80. The monoisotopic (exact) mass is 358 g/mol. The average Bonchev–Trinajstić information content (AvgIpc) is 2.99. The molecule has 0 saturated carbocycles. The van der Waals surface area contributed by atoms with Crippen molar-refractivity contribution in [1.29, 1.82) is 0 Å². The first kappa shape index (κ1) is 20.5. The van der Waals surface area contributed by atoms with Crippen LogP contribution in [0, 0.1) is 18.3 Å². The summed E-state index contributed by atoms with van der Waals surface area (Å²) in [5.41, 5.74) is 2.31. The number of likely N-dealkylation sites (tertiary alicyclic amines) is 1. The molecule has 1 saturated heterocycles. The molecular formula is C22H34N2O2. The quantitative estimate of drug-likeness (QED) is 0.784. The number of nitrogens with zero attached hydrogens (tertiary/aromatic N) is 1. The summed E-state index contributed by atoms with van der Waals surface area (Å²) in [6, 6.07) is 8.37. The lowest BCUT2D eigenvalue weighted by molar-refractivity contribution is -0.132. The van der Waals surface area contributed by atoms with Gasteiger partial charge < -0.3 is 10.2 Å². The van der Waals surface area contributed by atoms with Gasteiger partial charge in [-0.1, -0.05) is 63.9 Å². The maximum atomic E-state index is 12.8. The van der Waals surface area contributed by atoms with E-state index in [0.29, 0.717) is 26.1 Å². The summed E-state index contributed by atoms with van der Waals surface area (Å²) in [7, 11) is 0. The van der Waals surface area contributed by atoms with Crippen molar-refractivity contribution in [3.05, 3.63) is 35.4 Å². The minimum Gasteiger partial charge on any atom is -0.356 e. The Labute approximate surface area is 158 Å². The number of nitrogens with one attached hydrogen (secondary N) is 1. The molecule has 1 aliphatic rings. The van der Waals surface area contributed by atoms with Crippen molar-refractivity contribution in [2.45, 2.75) is 59.8 Å². The van der Waals surface area contributed by atoms with E-state index in [9.17, 15) is 9.59 Å². The number of rotatable bonds is 6. The Morgan fingerprint density at radius 3 is 2.38 bits per heavy atom. The maximum absolute atomic E-state index is 12.8. The van der Waals surface area contributed by atoms with Gasteiger partial charge in [-0.15, -0.1) is 0 Å². The number of carbonyl (C=O) groups excluding carboxylic acids is 2. The predicted molar refractivity (Wildman–Crippen MR) is 106 cm³/mol. The Morgan fingerprint density at radius 2 is 1.81 bits per heavy atom. The molecule has 0 bridgehead atoms. The minimum absolute atomic E-state index is 0.0437. The van der Waals surface area contributed by atoms with Crippen LogP contribution in [-0.2, 0) is 9.59 Å². The van der Waals surface area contributed by atoms with Crippen molar-refractivity contribution in [3.8, 4) is 0 Å². The van der Waals surface area contributed by atoms with Crippen LogP contribution in [0.15, 0.2) is 24.3 Å². The van der Waals surface area contributed by atoms with E-state index in [1.54, 1.807) is 0 Å². The van der Waals surface area contributed by atoms with Gasteiger partial charge in [0, 0.05) is 32.0 Å². The second kappa shape index (κ2) is 8.70. The fourth-order valence-electron chi connectivity index (χ4n) is 3.51. The van der Waals surface area contributed by atoms with Crippen LogP contribution in [0.2, 0.25) is 0 Å². The molecule has 4 nitrogen and oxygen atoms in total. The molecule has 0 spiro atoms. The fourth-order valence-corrected chi connectivity index (χ4v) is 3.51. The van der Waals surface area contributed by atoms with Crippen LogP contribution >= 0.6 is 0 Å². The highest BCUT2D eigenvalue weighted by Gasteiger charge is 2.40. The van der Waals surface area contributed by atoms with Crippen LogP contribution in [0.1, 0.15) is 64.0 Å². The number of aryl methyl sites for hydroxylation is 1. The van der Waals surface area contributed by atoms with E-state index in [0.717, 1.165) is 18.4 Å². The van der Waals surface area contributed by atoms with E-state index in [1.165, 1.54) is 5.56 Å². The van der Waals surface area contributed by atoms with Crippen molar-refractivity contribution in [3.63, 3.8) is 0 Å². The van der Waals surface area contributed by atoms with Gasteiger partial charge in [0.05, 0.1) is 5.92 Å². The topological polar surface area (TPSA) is 49.4 Å². The second-order valence-electron chi connectivity index (χ2n) is 8.80. The van der Waals surface area contributed by atoms with Gasteiger partial charge in [-0.2, -0.15) is 0 Å². The molecule has 2 amide bonds. The Bertz CT molecular complexity index is 616. The first-order valence-electron chi connectivity index (χ1n) is 9.83. The zero-order valence-corrected chi connectivity index (χ0v) is 17.0. The van der Waals surface area contributed by atoms with Crippen LogP contribution in [0.5, 0.6) is 0 Å². The van der Waals surface area contributed by atoms with E-state index in [1.807, 2.05) is 4.90 Å². The lowest BCUT2D eigenvalue weighted by Crippen LogP contribution is -2.36. The van der Waals surface area contributed by atoms with Gasteiger partial charge in [0.15, 0.2) is 0 Å². The minimum atomic E-state index is -0.168. The molecule has 2 unspecified atom stereocenters. The van der Waals surface area contributed by atoms with Gasteiger partial charge in [-0.3, -0.25) is 9.59 Å². The van der Waals surface area contributed by atoms with Gasteiger partial charge in [0.1, 0.15) is 0 Å². The molecule has 144 valence electrons. The summed E-state index contributed by atoms with van der Waals surface area (Å²) in [6.07, 6.45) is 2.56. The third-order valence-electron chi connectivity index (χ3n) is 5.03. The first-order chi connectivity index (χ1) is 12.2. The van der Waals surface area contributed by atoms with Crippen LogP contribution in [0.4, 0.5) is 0 Å². The first-order valence-corrected chi connectivity index (χ1v) is 9.83. The van der Waals surface area contributed by atoms with Crippen LogP contribution in [0.25, 0.3) is 0 Å².